The van der Waals surface area contributed by atoms with Crippen molar-refractivity contribution in [2.24, 2.45) is 0 Å². The fourth-order valence-electron chi connectivity index (χ4n) is 3.27. The van der Waals surface area contributed by atoms with Gasteiger partial charge in [-0.05, 0) is 60.2 Å². The van der Waals surface area contributed by atoms with E-state index in [0.717, 1.165) is 11.3 Å². The van der Waals surface area contributed by atoms with Gasteiger partial charge in [0.05, 0.1) is 22.2 Å². The Labute approximate surface area is 184 Å². The molecule has 0 saturated carbocycles. The lowest BCUT2D eigenvalue weighted by Crippen LogP contribution is -2.22. The van der Waals surface area contributed by atoms with Crippen LogP contribution in [0.1, 0.15) is 21.7 Å². The summed E-state index contributed by atoms with van der Waals surface area (Å²) in [6, 6.07) is 20.8. The first-order chi connectivity index (χ1) is 15.6. The first-order valence-electron chi connectivity index (χ1n) is 9.94. The van der Waals surface area contributed by atoms with Crippen LogP contribution in [0.15, 0.2) is 90.2 Å². The number of fused-ring (bicyclic) bond motifs is 1. The zero-order chi connectivity index (χ0) is 22.5. The Bertz CT molecular complexity index is 1370. The van der Waals surface area contributed by atoms with Crippen molar-refractivity contribution in [3.05, 3.63) is 113 Å². The molecule has 0 bridgehead atoms. The molecule has 0 spiro atoms. The fraction of sp³-hybridized carbons (Fsp3) is 0.0385. The Kier molecular flexibility index (Phi) is 5.94. The van der Waals surface area contributed by atoms with Gasteiger partial charge in [0.15, 0.2) is 0 Å². The van der Waals surface area contributed by atoms with Crippen LogP contribution in [0.2, 0.25) is 0 Å². The largest absolute Gasteiger partial charge is 0.490 e. The molecule has 1 heterocycles. The van der Waals surface area contributed by atoms with Crippen molar-refractivity contribution in [2.45, 2.75) is 0 Å². The smallest absolute Gasteiger partial charge is 0.335 e. The van der Waals surface area contributed by atoms with Crippen LogP contribution in [0.5, 0.6) is 5.75 Å². The number of rotatable bonds is 7. The number of carboxylic acids is 1. The summed E-state index contributed by atoms with van der Waals surface area (Å²) in [4.78, 5) is 29.1. The lowest BCUT2D eigenvalue weighted by atomic mass is 10.1. The second kappa shape index (κ2) is 9.14. The minimum atomic E-state index is -1.03. The van der Waals surface area contributed by atoms with Crippen molar-refractivity contribution in [2.75, 3.05) is 6.61 Å². The number of aromatic carboxylic acids is 1. The van der Waals surface area contributed by atoms with Crippen molar-refractivity contribution in [1.82, 2.24) is 9.55 Å². The molecule has 0 unspecified atom stereocenters. The standard InChI is InChI=1S/C26H20N2O4/c1-2-17-32-21-14-7-18(8-15-21)9-16-24-27-23-6-4-3-5-22(23)25(29)28(24)20-12-10-19(11-13-20)26(30)31/h2-16H,1,17H2,(H,30,31)/b16-9+. The van der Waals surface area contributed by atoms with Crippen LogP contribution in [0.25, 0.3) is 28.7 Å². The van der Waals surface area contributed by atoms with E-state index < -0.39 is 5.97 Å². The third kappa shape index (κ3) is 4.34. The van der Waals surface area contributed by atoms with Gasteiger partial charge in [-0.1, -0.05) is 43.0 Å². The lowest BCUT2D eigenvalue weighted by Gasteiger charge is -2.12. The van der Waals surface area contributed by atoms with Crippen molar-refractivity contribution in [3.8, 4) is 11.4 Å². The van der Waals surface area contributed by atoms with Gasteiger partial charge in [-0.25, -0.2) is 9.78 Å². The van der Waals surface area contributed by atoms with Crippen molar-refractivity contribution < 1.29 is 14.6 Å². The third-order valence-electron chi connectivity index (χ3n) is 4.85. The summed E-state index contributed by atoms with van der Waals surface area (Å²) in [5, 5.41) is 9.65. The molecule has 0 aliphatic carbocycles. The van der Waals surface area contributed by atoms with Gasteiger partial charge in [-0.15, -0.1) is 0 Å². The number of para-hydroxylation sites is 1. The van der Waals surface area contributed by atoms with Crippen LogP contribution < -0.4 is 10.3 Å². The summed E-state index contributed by atoms with van der Waals surface area (Å²) in [7, 11) is 0. The number of ether oxygens (including phenoxy) is 1. The van der Waals surface area contributed by atoms with Crippen LogP contribution >= 0.6 is 0 Å². The molecule has 0 atom stereocenters. The van der Waals surface area contributed by atoms with E-state index >= 15 is 0 Å². The molecule has 1 N–H and O–H groups in total. The van der Waals surface area contributed by atoms with Crippen LogP contribution in [0.4, 0.5) is 0 Å². The summed E-state index contributed by atoms with van der Waals surface area (Å²) >= 11 is 0. The quantitative estimate of drug-likeness (QED) is 0.430. The molecule has 4 aromatic rings. The summed E-state index contributed by atoms with van der Waals surface area (Å²) in [5.74, 6) is 0.145. The monoisotopic (exact) mass is 424 g/mol. The van der Waals surface area contributed by atoms with Crippen molar-refractivity contribution in [3.63, 3.8) is 0 Å². The molecule has 0 aliphatic heterocycles. The summed E-state index contributed by atoms with van der Waals surface area (Å²) in [6.07, 6.45) is 5.30. The highest BCUT2D eigenvalue weighted by atomic mass is 16.5. The van der Waals surface area contributed by atoms with E-state index in [2.05, 4.69) is 11.6 Å². The fourth-order valence-corrected chi connectivity index (χ4v) is 3.27. The number of nitrogens with zero attached hydrogens (tertiary/aromatic N) is 2. The van der Waals surface area contributed by atoms with Gasteiger partial charge < -0.3 is 9.84 Å². The van der Waals surface area contributed by atoms with Gasteiger partial charge in [0.2, 0.25) is 0 Å². The molecule has 32 heavy (non-hydrogen) atoms. The highest BCUT2D eigenvalue weighted by molar-refractivity contribution is 5.88. The maximum Gasteiger partial charge on any atom is 0.335 e. The van der Waals surface area contributed by atoms with Crippen molar-refractivity contribution in [1.29, 1.82) is 0 Å². The topological polar surface area (TPSA) is 81.4 Å². The number of aromatic nitrogens is 2. The van der Waals surface area contributed by atoms with E-state index in [0.29, 0.717) is 29.0 Å². The van der Waals surface area contributed by atoms with Crippen LogP contribution in [0.3, 0.4) is 0 Å². The summed E-state index contributed by atoms with van der Waals surface area (Å²) in [6.45, 7) is 4.07. The Morgan fingerprint density at radius 1 is 1.00 bits per heavy atom. The Morgan fingerprint density at radius 3 is 2.41 bits per heavy atom. The Morgan fingerprint density at radius 2 is 1.72 bits per heavy atom. The molecule has 0 saturated heterocycles. The van der Waals surface area contributed by atoms with Crippen molar-refractivity contribution >= 4 is 29.0 Å². The van der Waals surface area contributed by atoms with E-state index in [1.807, 2.05) is 36.4 Å². The molecule has 0 radical (unpaired) electrons. The average Bonchev–Trinajstić information content (AvgIpc) is 2.82. The Hall–Kier alpha value is -4.45. The average molecular weight is 424 g/mol. The third-order valence-corrected chi connectivity index (χ3v) is 4.85. The molecular formula is C26H20N2O4. The highest BCUT2D eigenvalue weighted by Crippen LogP contribution is 2.18. The lowest BCUT2D eigenvalue weighted by molar-refractivity contribution is 0.0697. The van der Waals surface area contributed by atoms with Gasteiger partial charge in [0, 0.05) is 0 Å². The van der Waals surface area contributed by atoms with E-state index in [-0.39, 0.29) is 11.1 Å². The molecule has 6 nitrogen and oxygen atoms in total. The second-order valence-corrected chi connectivity index (χ2v) is 6.98. The first-order valence-corrected chi connectivity index (χ1v) is 9.94. The van der Waals surface area contributed by atoms with Gasteiger partial charge >= 0.3 is 5.97 Å². The number of carboxylic acid groups (broad SMARTS) is 1. The molecule has 0 fully saturated rings. The summed E-state index contributed by atoms with van der Waals surface area (Å²) < 4.78 is 6.98. The molecule has 3 aromatic carbocycles. The maximum absolute atomic E-state index is 13.3. The predicted octanol–water partition coefficient (Wildman–Crippen LogP) is 4.82. The highest BCUT2D eigenvalue weighted by Gasteiger charge is 2.12. The van der Waals surface area contributed by atoms with E-state index in [9.17, 15) is 9.59 Å². The van der Waals surface area contributed by atoms with E-state index in [1.165, 1.54) is 16.7 Å². The van der Waals surface area contributed by atoms with Gasteiger partial charge in [-0.2, -0.15) is 0 Å². The minimum absolute atomic E-state index is 0.145. The number of hydrogen-bond acceptors (Lipinski definition) is 4. The molecule has 6 heteroatoms. The van der Waals surface area contributed by atoms with E-state index in [1.54, 1.807) is 42.5 Å². The van der Waals surface area contributed by atoms with Crippen LogP contribution in [-0.4, -0.2) is 27.2 Å². The Balaban J connectivity index is 1.78. The maximum atomic E-state index is 13.3. The van der Waals surface area contributed by atoms with E-state index in [4.69, 9.17) is 9.84 Å². The number of carbonyl (C=O) groups is 1. The minimum Gasteiger partial charge on any atom is -0.490 e. The predicted molar refractivity (Wildman–Crippen MR) is 125 cm³/mol. The normalized spacial score (nSPS) is 11.0. The molecular weight excluding hydrogens is 404 g/mol. The van der Waals surface area contributed by atoms with Crippen LogP contribution in [0, 0.1) is 0 Å². The summed E-state index contributed by atoms with van der Waals surface area (Å²) in [5.41, 5.74) is 1.94. The molecule has 4 rings (SSSR count). The zero-order valence-corrected chi connectivity index (χ0v) is 17.1. The van der Waals surface area contributed by atoms with Gasteiger partial charge in [-0.3, -0.25) is 9.36 Å². The molecule has 158 valence electrons. The first kappa shape index (κ1) is 20.8. The zero-order valence-electron chi connectivity index (χ0n) is 17.1. The molecule has 0 aliphatic rings. The molecule has 1 aromatic heterocycles. The number of benzene rings is 3. The van der Waals surface area contributed by atoms with Gasteiger partial charge in [0.1, 0.15) is 18.2 Å². The SMILES string of the molecule is C=CCOc1ccc(/C=C/c2nc3ccccc3c(=O)n2-c2ccc(C(=O)O)cc2)cc1. The van der Waals surface area contributed by atoms with Crippen LogP contribution in [-0.2, 0) is 0 Å². The van der Waals surface area contributed by atoms with Gasteiger partial charge in [0.25, 0.3) is 5.56 Å². The second-order valence-electron chi connectivity index (χ2n) is 6.98. The number of hydrogen-bond donors (Lipinski definition) is 1. The molecule has 0 amide bonds.